The van der Waals surface area contributed by atoms with Crippen molar-refractivity contribution in [2.75, 3.05) is 18.0 Å². The maximum absolute atomic E-state index is 10.1. The molecule has 2 rings (SSSR count). The van der Waals surface area contributed by atoms with Crippen molar-refractivity contribution >= 4 is 5.69 Å². The second kappa shape index (κ2) is 4.93. The number of rotatable bonds is 2. The number of benzene rings is 1. The van der Waals surface area contributed by atoms with Crippen molar-refractivity contribution in [1.82, 2.24) is 0 Å². The van der Waals surface area contributed by atoms with Crippen LogP contribution in [0, 0.1) is 5.41 Å². The van der Waals surface area contributed by atoms with Gasteiger partial charge >= 0.3 is 0 Å². The summed E-state index contributed by atoms with van der Waals surface area (Å²) in [7, 11) is 0. The van der Waals surface area contributed by atoms with E-state index in [0.717, 1.165) is 19.5 Å². The first-order valence-corrected chi connectivity index (χ1v) is 6.94. The Kier molecular flexibility index (Phi) is 3.67. The second-order valence-electron chi connectivity index (χ2n) is 6.43. The predicted octanol–water partition coefficient (Wildman–Crippen LogP) is 3.41. The monoisotopic (exact) mass is 247 g/mol. The van der Waals surface area contributed by atoms with Crippen LogP contribution in [0.15, 0.2) is 24.3 Å². The molecule has 0 bridgehead atoms. The van der Waals surface area contributed by atoms with E-state index in [1.165, 1.54) is 11.3 Å². The van der Waals surface area contributed by atoms with E-state index in [0.29, 0.717) is 5.92 Å². The lowest BCUT2D eigenvalue weighted by Crippen LogP contribution is -2.49. The number of hydrogen-bond donors (Lipinski definition) is 1. The maximum Gasteiger partial charge on any atom is 0.0624 e. The Morgan fingerprint density at radius 2 is 1.94 bits per heavy atom. The minimum atomic E-state index is -0.181. The molecule has 1 saturated heterocycles. The highest BCUT2D eigenvalue weighted by Gasteiger charge is 2.35. The van der Waals surface area contributed by atoms with Crippen molar-refractivity contribution in [3.63, 3.8) is 0 Å². The second-order valence-corrected chi connectivity index (χ2v) is 6.43. The number of nitrogens with zero attached hydrogens (tertiary/aromatic N) is 1. The molecule has 1 N–H and O–H groups in total. The van der Waals surface area contributed by atoms with Crippen molar-refractivity contribution in [3.05, 3.63) is 29.8 Å². The number of para-hydroxylation sites is 1. The van der Waals surface area contributed by atoms with Crippen LogP contribution >= 0.6 is 0 Å². The molecule has 1 aromatic rings. The quantitative estimate of drug-likeness (QED) is 0.865. The molecule has 2 heteroatoms. The third-order valence-electron chi connectivity index (χ3n) is 4.07. The smallest absolute Gasteiger partial charge is 0.0624 e. The van der Waals surface area contributed by atoms with Gasteiger partial charge in [-0.25, -0.2) is 0 Å². The van der Waals surface area contributed by atoms with Crippen LogP contribution in [-0.2, 0) is 0 Å². The largest absolute Gasteiger partial charge is 0.392 e. The summed E-state index contributed by atoms with van der Waals surface area (Å²) in [6.45, 7) is 10.7. The molecule has 0 aromatic heterocycles. The van der Waals surface area contributed by atoms with Crippen molar-refractivity contribution in [2.45, 2.75) is 46.1 Å². The van der Waals surface area contributed by atoms with Crippen LogP contribution in [0.5, 0.6) is 0 Å². The fraction of sp³-hybridized carbons (Fsp3) is 0.625. The highest BCUT2D eigenvalue weighted by molar-refractivity contribution is 5.55. The molecular formula is C16H25NO. The molecule has 1 heterocycles. The van der Waals surface area contributed by atoms with E-state index in [9.17, 15) is 5.11 Å². The molecule has 18 heavy (non-hydrogen) atoms. The van der Waals surface area contributed by atoms with E-state index in [1.54, 1.807) is 0 Å². The first-order valence-electron chi connectivity index (χ1n) is 6.94. The van der Waals surface area contributed by atoms with Gasteiger partial charge in [0.25, 0.3) is 0 Å². The minimum Gasteiger partial charge on any atom is -0.392 e. The molecule has 1 aliphatic heterocycles. The molecule has 0 amide bonds. The van der Waals surface area contributed by atoms with Crippen LogP contribution in [0.1, 0.15) is 45.6 Å². The Bertz CT molecular complexity index is 411. The molecule has 1 fully saturated rings. The topological polar surface area (TPSA) is 23.5 Å². The summed E-state index contributed by atoms with van der Waals surface area (Å²) in [5.74, 6) is 0.538. The number of aliphatic hydroxyl groups is 1. The fourth-order valence-corrected chi connectivity index (χ4v) is 2.81. The highest BCUT2D eigenvalue weighted by Crippen LogP contribution is 2.35. The maximum atomic E-state index is 10.1. The molecule has 1 unspecified atom stereocenters. The average Bonchev–Trinajstić information content (AvgIpc) is 2.32. The molecule has 1 aromatic carbocycles. The molecule has 0 spiro atoms. The van der Waals surface area contributed by atoms with Gasteiger partial charge in [-0.2, -0.15) is 0 Å². The Balaban J connectivity index is 2.27. The van der Waals surface area contributed by atoms with E-state index in [4.69, 9.17) is 0 Å². The van der Waals surface area contributed by atoms with Gasteiger partial charge in [0.2, 0.25) is 0 Å². The van der Waals surface area contributed by atoms with Gasteiger partial charge in [0.05, 0.1) is 6.10 Å². The van der Waals surface area contributed by atoms with Gasteiger partial charge < -0.3 is 10.0 Å². The third-order valence-corrected chi connectivity index (χ3v) is 4.07. The van der Waals surface area contributed by atoms with E-state index in [-0.39, 0.29) is 11.5 Å². The summed E-state index contributed by atoms with van der Waals surface area (Å²) in [6.07, 6.45) is 0.680. The van der Waals surface area contributed by atoms with Gasteiger partial charge in [0, 0.05) is 24.2 Å². The van der Waals surface area contributed by atoms with E-state index in [1.807, 2.05) is 0 Å². The van der Waals surface area contributed by atoms with E-state index in [2.05, 4.69) is 56.9 Å². The minimum absolute atomic E-state index is 0.0255. The standard InChI is InChI=1S/C16H25NO/c1-12(2)13-7-5-6-8-14(13)17-10-9-15(18)16(3,4)11-17/h5-8,12,15,18H,9-11H2,1-4H3. The summed E-state index contributed by atoms with van der Waals surface area (Å²) in [5, 5.41) is 10.1. The zero-order valence-corrected chi connectivity index (χ0v) is 12.0. The predicted molar refractivity (Wildman–Crippen MR) is 77.1 cm³/mol. The Morgan fingerprint density at radius 1 is 1.28 bits per heavy atom. The fourth-order valence-electron chi connectivity index (χ4n) is 2.81. The average molecular weight is 247 g/mol. The summed E-state index contributed by atoms with van der Waals surface area (Å²) < 4.78 is 0. The zero-order valence-electron chi connectivity index (χ0n) is 12.0. The molecule has 2 nitrogen and oxygen atoms in total. The van der Waals surface area contributed by atoms with E-state index < -0.39 is 0 Å². The van der Waals surface area contributed by atoms with Crippen molar-refractivity contribution in [1.29, 1.82) is 0 Å². The van der Waals surface area contributed by atoms with Gasteiger partial charge in [-0.05, 0) is 24.0 Å². The lowest BCUT2D eigenvalue weighted by molar-refractivity contribution is 0.0335. The molecule has 1 aliphatic rings. The lowest BCUT2D eigenvalue weighted by Gasteiger charge is -2.43. The summed E-state index contributed by atoms with van der Waals surface area (Å²) >= 11 is 0. The molecule has 0 saturated carbocycles. The highest BCUT2D eigenvalue weighted by atomic mass is 16.3. The van der Waals surface area contributed by atoms with Crippen LogP contribution in [-0.4, -0.2) is 24.3 Å². The van der Waals surface area contributed by atoms with Crippen LogP contribution < -0.4 is 4.90 Å². The Hall–Kier alpha value is -1.02. The summed E-state index contributed by atoms with van der Waals surface area (Å²) in [6, 6.07) is 8.66. The number of aliphatic hydroxyl groups excluding tert-OH is 1. The van der Waals surface area contributed by atoms with Gasteiger partial charge in [0.15, 0.2) is 0 Å². The number of hydrogen-bond acceptors (Lipinski definition) is 2. The van der Waals surface area contributed by atoms with Gasteiger partial charge in [-0.1, -0.05) is 45.9 Å². The van der Waals surface area contributed by atoms with Crippen molar-refractivity contribution in [2.24, 2.45) is 5.41 Å². The third kappa shape index (κ3) is 2.54. The van der Waals surface area contributed by atoms with Gasteiger partial charge in [0.1, 0.15) is 0 Å². The molecule has 1 atom stereocenters. The van der Waals surface area contributed by atoms with Crippen LogP contribution in [0.25, 0.3) is 0 Å². The van der Waals surface area contributed by atoms with Crippen LogP contribution in [0.4, 0.5) is 5.69 Å². The summed E-state index contributed by atoms with van der Waals surface area (Å²) in [4.78, 5) is 2.43. The summed E-state index contributed by atoms with van der Waals surface area (Å²) in [5.41, 5.74) is 2.72. The SMILES string of the molecule is CC(C)c1ccccc1N1CCC(O)C(C)(C)C1. The van der Waals surface area contributed by atoms with Crippen LogP contribution in [0.2, 0.25) is 0 Å². The Morgan fingerprint density at radius 3 is 2.56 bits per heavy atom. The molecule has 0 aliphatic carbocycles. The van der Waals surface area contributed by atoms with Gasteiger partial charge in [-0.3, -0.25) is 0 Å². The van der Waals surface area contributed by atoms with Crippen molar-refractivity contribution < 1.29 is 5.11 Å². The first-order chi connectivity index (χ1) is 8.42. The zero-order chi connectivity index (χ0) is 13.3. The number of anilines is 1. The van der Waals surface area contributed by atoms with Gasteiger partial charge in [-0.15, -0.1) is 0 Å². The number of piperidine rings is 1. The molecule has 100 valence electrons. The lowest BCUT2D eigenvalue weighted by atomic mass is 9.80. The molecule has 0 radical (unpaired) electrons. The van der Waals surface area contributed by atoms with E-state index >= 15 is 0 Å². The normalized spacial score (nSPS) is 23.4. The Labute approximate surface area is 111 Å². The van der Waals surface area contributed by atoms with Crippen molar-refractivity contribution in [3.8, 4) is 0 Å². The van der Waals surface area contributed by atoms with Crippen LogP contribution in [0.3, 0.4) is 0 Å². The first kappa shape index (κ1) is 13.4. The molecular weight excluding hydrogens is 222 g/mol.